The van der Waals surface area contributed by atoms with Gasteiger partial charge in [-0.1, -0.05) is 11.6 Å². The quantitative estimate of drug-likeness (QED) is 0.854. The Labute approximate surface area is 129 Å². The van der Waals surface area contributed by atoms with Crippen LogP contribution in [-0.2, 0) is 10.0 Å². The molecule has 0 spiro atoms. The third-order valence-corrected chi connectivity index (χ3v) is 4.46. The highest BCUT2D eigenvalue weighted by molar-refractivity contribution is 7.89. The molecule has 1 aliphatic rings. The molecule has 2 N–H and O–H groups in total. The topological polar surface area (TPSA) is 83.7 Å². The molecule has 1 amide bonds. The molecule has 1 saturated heterocycles. The van der Waals surface area contributed by atoms with E-state index in [9.17, 15) is 17.6 Å². The van der Waals surface area contributed by atoms with Crippen molar-refractivity contribution in [3.63, 3.8) is 0 Å². The summed E-state index contributed by atoms with van der Waals surface area (Å²) >= 11 is 0. The third-order valence-electron chi connectivity index (χ3n) is 3.70. The van der Waals surface area contributed by atoms with Crippen molar-refractivity contribution in [3.05, 3.63) is 35.1 Å². The second kappa shape index (κ2) is 6.72. The molecular weight excluding hydrogens is 309 g/mol. The summed E-state index contributed by atoms with van der Waals surface area (Å²) in [4.78, 5) is 15.9. The molecule has 0 aliphatic carbocycles. The molecule has 0 atom stereocenters. The van der Waals surface area contributed by atoms with Gasteiger partial charge in [0.1, 0.15) is 5.82 Å². The molecule has 0 bridgehead atoms. The smallest absolute Gasteiger partial charge is 0.256 e. The predicted octanol–water partition coefficient (Wildman–Crippen LogP) is 0.180. The Morgan fingerprint density at radius 3 is 2.50 bits per heavy atom. The van der Waals surface area contributed by atoms with Gasteiger partial charge in [0.2, 0.25) is 10.0 Å². The van der Waals surface area contributed by atoms with Crippen LogP contribution in [0.3, 0.4) is 0 Å². The summed E-state index contributed by atoms with van der Waals surface area (Å²) in [5.74, 6) is -0.951. The molecule has 122 valence electrons. The minimum atomic E-state index is -3.48. The van der Waals surface area contributed by atoms with Crippen molar-refractivity contribution in [2.45, 2.75) is 6.92 Å². The van der Waals surface area contributed by atoms with Crippen LogP contribution in [0.5, 0.6) is 0 Å². The van der Waals surface area contributed by atoms with Crippen molar-refractivity contribution < 1.29 is 17.6 Å². The summed E-state index contributed by atoms with van der Waals surface area (Å²) in [6, 6.07) is 4.47. The fourth-order valence-electron chi connectivity index (χ4n) is 2.40. The molecule has 1 aliphatic heterocycles. The molecule has 6 nitrogen and oxygen atoms in total. The molecule has 8 heteroatoms. The van der Waals surface area contributed by atoms with Crippen LogP contribution in [0.1, 0.15) is 15.9 Å². The van der Waals surface area contributed by atoms with Crippen molar-refractivity contribution in [1.29, 1.82) is 0 Å². The fraction of sp³-hybridized carbons (Fsp3) is 0.500. The van der Waals surface area contributed by atoms with Gasteiger partial charge >= 0.3 is 0 Å². The monoisotopic (exact) mass is 329 g/mol. The van der Waals surface area contributed by atoms with E-state index >= 15 is 0 Å². The van der Waals surface area contributed by atoms with Crippen LogP contribution in [0, 0.1) is 12.7 Å². The summed E-state index contributed by atoms with van der Waals surface area (Å²) < 4.78 is 35.7. The Morgan fingerprint density at radius 2 is 1.91 bits per heavy atom. The van der Waals surface area contributed by atoms with Crippen LogP contribution in [0.4, 0.5) is 4.39 Å². The first-order chi connectivity index (χ1) is 10.3. The van der Waals surface area contributed by atoms with Gasteiger partial charge in [0, 0.05) is 32.7 Å². The van der Waals surface area contributed by atoms with E-state index in [0.29, 0.717) is 32.7 Å². The number of hydrogen-bond acceptors (Lipinski definition) is 4. The first kappa shape index (κ1) is 16.9. The molecule has 0 unspecified atom stereocenters. The van der Waals surface area contributed by atoms with Gasteiger partial charge in [-0.3, -0.25) is 9.69 Å². The third kappa shape index (κ3) is 4.49. The van der Waals surface area contributed by atoms with Gasteiger partial charge in [-0.15, -0.1) is 0 Å². The lowest BCUT2D eigenvalue weighted by molar-refractivity contribution is 0.0639. The number of carbonyl (C=O) groups is 1. The van der Waals surface area contributed by atoms with E-state index in [2.05, 4.69) is 0 Å². The average molecular weight is 329 g/mol. The number of carbonyl (C=O) groups excluding carboxylic acids is 1. The highest BCUT2D eigenvalue weighted by Crippen LogP contribution is 2.14. The molecule has 1 aromatic carbocycles. The molecule has 2 rings (SSSR count). The maximum absolute atomic E-state index is 13.8. The minimum Gasteiger partial charge on any atom is -0.336 e. The molecule has 1 fully saturated rings. The lowest BCUT2D eigenvalue weighted by atomic mass is 10.1. The van der Waals surface area contributed by atoms with Crippen molar-refractivity contribution in [2.75, 3.05) is 38.5 Å². The first-order valence-corrected chi connectivity index (χ1v) is 8.76. The van der Waals surface area contributed by atoms with E-state index < -0.39 is 15.8 Å². The number of benzene rings is 1. The molecule has 0 aromatic heterocycles. The Morgan fingerprint density at radius 1 is 1.27 bits per heavy atom. The van der Waals surface area contributed by atoms with E-state index in [-0.39, 0.29) is 17.2 Å². The van der Waals surface area contributed by atoms with E-state index in [0.717, 1.165) is 5.56 Å². The number of primary sulfonamides is 1. The number of nitrogens with two attached hydrogens (primary N) is 1. The second-order valence-electron chi connectivity index (χ2n) is 5.48. The zero-order valence-electron chi connectivity index (χ0n) is 12.5. The molecular formula is C14H20FN3O3S. The van der Waals surface area contributed by atoms with Crippen LogP contribution in [0.2, 0.25) is 0 Å². The first-order valence-electron chi connectivity index (χ1n) is 7.04. The highest BCUT2D eigenvalue weighted by Gasteiger charge is 2.24. The number of piperazine rings is 1. The van der Waals surface area contributed by atoms with Crippen molar-refractivity contribution >= 4 is 15.9 Å². The van der Waals surface area contributed by atoms with E-state index in [1.54, 1.807) is 24.0 Å². The van der Waals surface area contributed by atoms with Gasteiger partial charge in [-0.2, -0.15) is 0 Å². The lowest BCUT2D eigenvalue weighted by Crippen LogP contribution is -2.50. The van der Waals surface area contributed by atoms with Gasteiger partial charge < -0.3 is 4.90 Å². The van der Waals surface area contributed by atoms with Gasteiger partial charge in [0.15, 0.2) is 0 Å². The van der Waals surface area contributed by atoms with E-state index in [1.807, 2.05) is 4.90 Å². The largest absolute Gasteiger partial charge is 0.336 e. The van der Waals surface area contributed by atoms with Gasteiger partial charge in [-0.05, 0) is 19.1 Å². The minimum absolute atomic E-state index is 0.0815. The number of halogens is 1. The second-order valence-corrected chi connectivity index (χ2v) is 7.22. The maximum atomic E-state index is 13.8. The number of aryl methyl sites for hydroxylation is 1. The molecule has 0 saturated carbocycles. The summed E-state index contributed by atoms with van der Waals surface area (Å²) in [6.45, 7) is 4.14. The van der Waals surface area contributed by atoms with Crippen LogP contribution >= 0.6 is 0 Å². The average Bonchev–Trinajstić information content (AvgIpc) is 2.47. The summed E-state index contributed by atoms with van der Waals surface area (Å²) in [6.07, 6.45) is 0. The van der Waals surface area contributed by atoms with E-state index in [1.165, 1.54) is 6.07 Å². The van der Waals surface area contributed by atoms with Crippen LogP contribution in [-0.4, -0.2) is 62.6 Å². The summed E-state index contributed by atoms with van der Waals surface area (Å²) in [5.41, 5.74) is 0.912. The Hall–Kier alpha value is -1.51. The number of rotatable bonds is 4. The molecule has 1 heterocycles. The molecule has 1 aromatic rings. The lowest BCUT2D eigenvalue weighted by Gasteiger charge is -2.34. The molecule has 22 heavy (non-hydrogen) atoms. The van der Waals surface area contributed by atoms with Crippen LogP contribution in [0.15, 0.2) is 18.2 Å². The number of nitrogens with zero attached hydrogens (tertiary/aromatic N) is 2. The number of hydrogen-bond donors (Lipinski definition) is 1. The summed E-state index contributed by atoms with van der Waals surface area (Å²) in [5, 5.41) is 4.97. The normalized spacial score (nSPS) is 16.8. The fourth-order valence-corrected chi connectivity index (χ4v) is 2.92. The van der Waals surface area contributed by atoms with Crippen LogP contribution in [0.25, 0.3) is 0 Å². The number of amides is 1. The molecule has 0 radical (unpaired) electrons. The summed E-state index contributed by atoms with van der Waals surface area (Å²) in [7, 11) is -3.48. The van der Waals surface area contributed by atoms with Crippen LogP contribution < -0.4 is 5.14 Å². The SMILES string of the molecule is Cc1ccc(F)c(C(=O)N2CCN(CCS(N)(=O)=O)CC2)c1. The Kier molecular flexibility index (Phi) is 5.15. The van der Waals surface area contributed by atoms with E-state index in [4.69, 9.17) is 5.14 Å². The van der Waals surface area contributed by atoms with Crippen molar-refractivity contribution in [2.24, 2.45) is 5.14 Å². The Balaban J connectivity index is 1.94. The number of sulfonamides is 1. The van der Waals surface area contributed by atoms with Gasteiger partial charge in [-0.25, -0.2) is 17.9 Å². The zero-order valence-corrected chi connectivity index (χ0v) is 13.3. The van der Waals surface area contributed by atoms with Gasteiger partial charge in [0.25, 0.3) is 5.91 Å². The van der Waals surface area contributed by atoms with Crippen molar-refractivity contribution in [1.82, 2.24) is 9.80 Å². The zero-order chi connectivity index (χ0) is 16.3. The standard InChI is InChI=1S/C14H20FN3O3S/c1-11-2-3-13(15)12(10-11)14(19)18-6-4-17(5-7-18)8-9-22(16,20)21/h2-3,10H,4-9H2,1H3,(H2,16,20,21). The maximum Gasteiger partial charge on any atom is 0.256 e. The van der Waals surface area contributed by atoms with Gasteiger partial charge in [0.05, 0.1) is 11.3 Å². The predicted molar refractivity (Wildman–Crippen MR) is 81.5 cm³/mol. The highest BCUT2D eigenvalue weighted by atomic mass is 32.2. The van der Waals surface area contributed by atoms with Crippen molar-refractivity contribution in [3.8, 4) is 0 Å². The Bertz CT molecular complexity index is 655.